The summed E-state index contributed by atoms with van der Waals surface area (Å²) in [6.45, 7) is 2.83. The molecule has 0 unspecified atom stereocenters. The summed E-state index contributed by atoms with van der Waals surface area (Å²) >= 11 is 0. The Balaban J connectivity index is 1.81. The van der Waals surface area contributed by atoms with E-state index < -0.39 is 41.0 Å². The summed E-state index contributed by atoms with van der Waals surface area (Å²) in [5.74, 6) is -1.22. The van der Waals surface area contributed by atoms with Crippen LogP contribution in [0.5, 0.6) is 0 Å². The average molecular weight is 374 g/mol. The molecule has 4 aliphatic rings. The average Bonchev–Trinajstić information content (AvgIpc) is 2.82. The molecule has 6 nitrogen and oxygen atoms in total. The zero-order valence-electron chi connectivity index (χ0n) is 15.6. The number of carbonyl (C=O) groups excluding carboxylic acids is 2. The quantitative estimate of drug-likeness (QED) is 0.522. The number of Topliss-reactive ketones (excluding diaryl/α,β-unsaturated/α-hetero) is 1. The number of allylic oxidation sites excluding steroid dienone is 4. The van der Waals surface area contributed by atoms with Gasteiger partial charge in [-0.2, -0.15) is 0 Å². The van der Waals surface area contributed by atoms with E-state index in [2.05, 4.69) is 0 Å². The normalized spacial score (nSPS) is 48.3. The summed E-state index contributed by atoms with van der Waals surface area (Å²) in [4.78, 5) is 24.2. The van der Waals surface area contributed by atoms with Gasteiger partial charge in [-0.3, -0.25) is 9.59 Å². The molecule has 0 radical (unpaired) electrons. The van der Waals surface area contributed by atoms with E-state index in [1.165, 1.54) is 6.08 Å². The monoisotopic (exact) mass is 374 g/mol. The molecule has 0 aromatic rings. The molecular formula is C21H26O6. The van der Waals surface area contributed by atoms with Crippen LogP contribution in [0.25, 0.3) is 0 Å². The van der Waals surface area contributed by atoms with Crippen molar-refractivity contribution in [2.45, 2.75) is 50.9 Å². The highest BCUT2D eigenvalue weighted by molar-refractivity contribution is 6.01. The predicted octanol–water partition coefficient (Wildman–Crippen LogP) is 0.448. The second kappa shape index (κ2) is 5.70. The van der Waals surface area contributed by atoms with Gasteiger partial charge in [-0.25, -0.2) is 0 Å². The Morgan fingerprint density at radius 1 is 1.30 bits per heavy atom. The van der Waals surface area contributed by atoms with Gasteiger partial charge in [0.15, 0.2) is 17.2 Å². The highest BCUT2D eigenvalue weighted by atomic mass is 16.4. The first-order valence-electron chi connectivity index (χ1n) is 9.48. The van der Waals surface area contributed by atoms with E-state index in [9.17, 15) is 30.0 Å². The van der Waals surface area contributed by atoms with Crippen molar-refractivity contribution in [3.8, 4) is 0 Å². The molecule has 146 valence electrons. The standard InChI is InChI=1S/C21H26O6/c1-19-6-5-12(23)7-11(19)3-4-13-14-8-16(25)21(27,17(26)10-22)20(14,2)9-15(24)18(13)19/h5-8,13,15-16,18,22,24-25,27H,3-4,9-10H2,1-2H3/t13-,15-,16+,18+,19-,20-,21-/m0/s1. The van der Waals surface area contributed by atoms with E-state index in [0.717, 1.165) is 11.1 Å². The van der Waals surface area contributed by atoms with E-state index in [0.29, 0.717) is 12.8 Å². The molecule has 0 aliphatic heterocycles. The first-order valence-corrected chi connectivity index (χ1v) is 9.48. The summed E-state index contributed by atoms with van der Waals surface area (Å²) in [5.41, 5.74) is -1.98. The molecule has 2 saturated carbocycles. The lowest BCUT2D eigenvalue weighted by molar-refractivity contribution is -0.174. The minimum absolute atomic E-state index is 0.0468. The maximum atomic E-state index is 12.4. The minimum Gasteiger partial charge on any atom is -0.393 e. The fraction of sp³-hybridized carbons (Fsp3) is 0.619. The number of ketones is 2. The molecule has 27 heavy (non-hydrogen) atoms. The van der Waals surface area contributed by atoms with Crippen molar-refractivity contribution in [3.63, 3.8) is 0 Å². The third-order valence-electron chi connectivity index (χ3n) is 7.70. The van der Waals surface area contributed by atoms with Crippen molar-refractivity contribution in [3.05, 3.63) is 35.5 Å². The van der Waals surface area contributed by atoms with Gasteiger partial charge in [0.2, 0.25) is 0 Å². The van der Waals surface area contributed by atoms with Crippen LogP contribution in [0.1, 0.15) is 33.1 Å². The molecular weight excluding hydrogens is 348 g/mol. The molecule has 0 aromatic carbocycles. The third kappa shape index (κ3) is 2.15. The third-order valence-corrected chi connectivity index (χ3v) is 7.70. The van der Waals surface area contributed by atoms with Crippen LogP contribution >= 0.6 is 0 Å². The zero-order chi connectivity index (χ0) is 19.8. The molecule has 6 heteroatoms. The van der Waals surface area contributed by atoms with Crippen molar-refractivity contribution < 1.29 is 30.0 Å². The van der Waals surface area contributed by atoms with Crippen molar-refractivity contribution in [1.29, 1.82) is 0 Å². The summed E-state index contributed by atoms with van der Waals surface area (Å²) in [6, 6.07) is 0. The minimum atomic E-state index is -2.14. The van der Waals surface area contributed by atoms with Crippen LogP contribution in [-0.4, -0.2) is 56.4 Å². The van der Waals surface area contributed by atoms with E-state index in [1.54, 1.807) is 19.1 Å². The van der Waals surface area contributed by atoms with Gasteiger partial charge >= 0.3 is 0 Å². The maximum Gasteiger partial charge on any atom is 0.193 e. The Bertz CT molecular complexity index is 809. The fourth-order valence-corrected chi connectivity index (χ4v) is 6.30. The molecule has 0 saturated heterocycles. The molecule has 0 spiro atoms. The lowest BCUT2D eigenvalue weighted by atomic mass is 9.47. The van der Waals surface area contributed by atoms with Crippen molar-refractivity contribution in [1.82, 2.24) is 0 Å². The molecule has 4 aliphatic carbocycles. The van der Waals surface area contributed by atoms with Gasteiger partial charge in [0.05, 0.1) is 6.10 Å². The Kier molecular flexibility index (Phi) is 3.96. The SMILES string of the molecule is C[C@]12C=CC(=O)C=C1CC[C@H]1C3=C[C@@H](O)[C@](O)(C(=O)CO)[C@@]3(C)C[C@H](O)[C@@H]12. The zero-order valence-corrected chi connectivity index (χ0v) is 15.6. The number of hydrogen-bond donors (Lipinski definition) is 4. The lowest BCUT2D eigenvalue weighted by Crippen LogP contribution is -2.63. The highest BCUT2D eigenvalue weighted by Crippen LogP contribution is 2.65. The molecule has 7 atom stereocenters. The van der Waals surface area contributed by atoms with E-state index in [4.69, 9.17) is 0 Å². The van der Waals surface area contributed by atoms with Gasteiger partial charge in [-0.15, -0.1) is 0 Å². The Morgan fingerprint density at radius 2 is 2.00 bits per heavy atom. The van der Waals surface area contributed by atoms with Gasteiger partial charge in [0.1, 0.15) is 12.7 Å². The van der Waals surface area contributed by atoms with Crippen LogP contribution in [0.3, 0.4) is 0 Å². The Hall–Kier alpha value is -1.60. The number of hydrogen-bond acceptors (Lipinski definition) is 6. The lowest BCUT2D eigenvalue weighted by Gasteiger charge is -2.58. The number of rotatable bonds is 2. The second-order valence-corrected chi connectivity index (χ2v) is 8.88. The number of fused-ring (bicyclic) bond motifs is 5. The van der Waals surface area contributed by atoms with Crippen molar-refractivity contribution >= 4 is 11.6 Å². The fourth-order valence-electron chi connectivity index (χ4n) is 6.30. The van der Waals surface area contributed by atoms with Crippen LogP contribution < -0.4 is 0 Å². The molecule has 4 rings (SSSR count). The van der Waals surface area contributed by atoms with Gasteiger partial charge < -0.3 is 20.4 Å². The van der Waals surface area contributed by atoms with Gasteiger partial charge in [-0.1, -0.05) is 37.1 Å². The Morgan fingerprint density at radius 3 is 2.67 bits per heavy atom. The Labute approximate surface area is 157 Å². The van der Waals surface area contributed by atoms with Crippen LogP contribution in [-0.2, 0) is 9.59 Å². The van der Waals surface area contributed by atoms with Crippen LogP contribution in [0, 0.1) is 22.7 Å². The first-order chi connectivity index (χ1) is 12.6. The van der Waals surface area contributed by atoms with Crippen LogP contribution in [0.15, 0.2) is 35.5 Å². The number of carbonyl (C=O) groups is 2. The van der Waals surface area contributed by atoms with Gasteiger partial charge in [0, 0.05) is 16.7 Å². The van der Waals surface area contributed by atoms with Crippen LogP contribution in [0.2, 0.25) is 0 Å². The van der Waals surface area contributed by atoms with E-state index in [-0.39, 0.29) is 24.0 Å². The van der Waals surface area contributed by atoms with Crippen molar-refractivity contribution in [2.75, 3.05) is 6.61 Å². The summed E-state index contributed by atoms with van der Waals surface area (Å²) in [7, 11) is 0. The highest BCUT2D eigenvalue weighted by Gasteiger charge is 2.68. The number of aliphatic hydroxyl groups excluding tert-OH is 3. The predicted molar refractivity (Wildman–Crippen MR) is 96.4 cm³/mol. The number of aliphatic hydroxyl groups is 4. The summed E-state index contributed by atoms with van der Waals surface area (Å²) < 4.78 is 0. The molecule has 2 fully saturated rings. The molecule has 0 bridgehead atoms. The van der Waals surface area contributed by atoms with E-state index >= 15 is 0 Å². The van der Waals surface area contributed by atoms with Crippen LogP contribution in [0.4, 0.5) is 0 Å². The van der Waals surface area contributed by atoms with Crippen molar-refractivity contribution in [2.24, 2.45) is 22.7 Å². The molecule has 4 N–H and O–H groups in total. The molecule has 0 amide bonds. The molecule has 0 heterocycles. The smallest absolute Gasteiger partial charge is 0.193 e. The van der Waals surface area contributed by atoms with Gasteiger partial charge in [-0.05, 0) is 37.3 Å². The first kappa shape index (κ1) is 18.7. The topological polar surface area (TPSA) is 115 Å². The maximum absolute atomic E-state index is 12.4. The largest absolute Gasteiger partial charge is 0.393 e. The summed E-state index contributed by atoms with van der Waals surface area (Å²) in [5, 5.41) is 42.1. The molecule has 0 aromatic heterocycles. The second-order valence-electron chi connectivity index (χ2n) is 8.88. The van der Waals surface area contributed by atoms with E-state index in [1.807, 2.05) is 13.0 Å². The summed E-state index contributed by atoms with van der Waals surface area (Å²) in [6.07, 6.45) is 5.80. The van der Waals surface area contributed by atoms with Gasteiger partial charge in [0.25, 0.3) is 0 Å².